The van der Waals surface area contributed by atoms with Gasteiger partial charge in [0.15, 0.2) is 5.03 Å². The number of hydrogen-bond donors (Lipinski definition) is 1. The highest BCUT2D eigenvalue weighted by Gasteiger charge is 2.17. The van der Waals surface area contributed by atoms with Gasteiger partial charge in [0.25, 0.3) is 16.4 Å². The Kier molecular flexibility index (Phi) is 3.98. The maximum Gasteiger partial charge on any atom is 0.257 e. The highest BCUT2D eigenvalue weighted by atomic mass is 32.2. The molecule has 5 nitrogen and oxygen atoms in total. The molecular weight excluding hydrogens is 240 g/mol. The SMILES string of the molecule is CCCc1nc(S(N)(=O)=O)cn1CC(F)F. The molecule has 0 spiro atoms. The number of hydrogen-bond acceptors (Lipinski definition) is 3. The first-order valence-electron chi connectivity index (χ1n) is 4.71. The fourth-order valence-electron chi connectivity index (χ4n) is 1.30. The molecule has 8 heteroatoms. The van der Waals surface area contributed by atoms with Crippen LogP contribution in [0.1, 0.15) is 19.2 Å². The topological polar surface area (TPSA) is 78.0 Å². The van der Waals surface area contributed by atoms with Gasteiger partial charge in [-0.3, -0.25) is 0 Å². The molecule has 92 valence electrons. The molecule has 0 aromatic carbocycles. The van der Waals surface area contributed by atoms with Crippen LogP contribution in [0.25, 0.3) is 0 Å². The molecule has 0 unspecified atom stereocenters. The van der Waals surface area contributed by atoms with Crippen molar-refractivity contribution in [1.29, 1.82) is 0 Å². The van der Waals surface area contributed by atoms with Crippen molar-refractivity contribution in [2.75, 3.05) is 0 Å². The highest BCUT2D eigenvalue weighted by Crippen LogP contribution is 2.11. The lowest BCUT2D eigenvalue weighted by Gasteiger charge is -2.04. The number of aromatic nitrogens is 2. The number of alkyl halides is 2. The number of aryl methyl sites for hydroxylation is 1. The molecule has 1 aromatic heterocycles. The summed E-state index contributed by atoms with van der Waals surface area (Å²) in [6, 6.07) is 0. The monoisotopic (exact) mass is 253 g/mol. The van der Waals surface area contributed by atoms with E-state index in [0.717, 1.165) is 10.8 Å². The average Bonchev–Trinajstić information content (AvgIpc) is 2.47. The number of nitrogens with two attached hydrogens (primary N) is 1. The summed E-state index contributed by atoms with van der Waals surface area (Å²) in [5, 5.41) is 4.51. The predicted octanol–water partition coefficient (Wildman–Crippen LogP) is 0.748. The van der Waals surface area contributed by atoms with Crippen LogP contribution in [0.15, 0.2) is 11.2 Å². The first-order chi connectivity index (χ1) is 7.34. The number of sulfonamides is 1. The van der Waals surface area contributed by atoms with E-state index in [1.165, 1.54) is 0 Å². The first kappa shape index (κ1) is 13.0. The molecule has 1 rings (SSSR count). The van der Waals surface area contributed by atoms with Crippen molar-refractivity contribution in [3.05, 3.63) is 12.0 Å². The molecule has 0 aliphatic rings. The smallest absolute Gasteiger partial charge is 0.257 e. The van der Waals surface area contributed by atoms with Gasteiger partial charge in [0.1, 0.15) is 5.82 Å². The van der Waals surface area contributed by atoms with E-state index in [0.29, 0.717) is 18.7 Å². The normalized spacial score (nSPS) is 12.3. The summed E-state index contributed by atoms with van der Waals surface area (Å²) < 4.78 is 47.6. The standard InChI is InChI=1S/C8H13F2N3O2S/c1-2-3-7-12-8(16(11,14)15)5-13(7)4-6(9)10/h5-6H,2-4H2,1H3,(H2,11,14,15). The van der Waals surface area contributed by atoms with E-state index in [9.17, 15) is 17.2 Å². The Balaban J connectivity index is 3.09. The second-order valence-corrected chi connectivity index (χ2v) is 4.84. The zero-order valence-corrected chi connectivity index (χ0v) is 9.54. The minimum atomic E-state index is -3.94. The Morgan fingerprint density at radius 3 is 2.62 bits per heavy atom. The van der Waals surface area contributed by atoms with Gasteiger partial charge in [-0.05, 0) is 6.42 Å². The van der Waals surface area contributed by atoms with E-state index in [1.807, 2.05) is 6.92 Å². The van der Waals surface area contributed by atoms with Gasteiger partial charge >= 0.3 is 0 Å². The summed E-state index contributed by atoms with van der Waals surface area (Å²) in [5.74, 6) is 0.312. The summed E-state index contributed by atoms with van der Waals surface area (Å²) in [7, 11) is -3.94. The molecular formula is C8H13F2N3O2S. The Hall–Kier alpha value is -1.02. The lowest BCUT2D eigenvalue weighted by molar-refractivity contribution is 0.125. The van der Waals surface area contributed by atoms with Crippen LogP contribution in [0.4, 0.5) is 8.78 Å². The number of nitrogens with zero attached hydrogens (tertiary/aromatic N) is 2. The molecule has 0 amide bonds. The second kappa shape index (κ2) is 4.88. The van der Waals surface area contributed by atoms with Gasteiger partial charge in [-0.1, -0.05) is 6.92 Å². The van der Waals surface area contributed by atoms with E-state index in [1.54, 1.807) is 0 Å². The zero-order chi connectivity index (χ0) is 12.3. The first-order valence-corrected chi connectivity index (χ1v) is 6.26. The number of rotatable bonds is 5. The van der Waals surface area contributed by atoms with Crippen LogP contribution in [-0.4, -0.2) is 24.4 Å². The van der Waals surface area contributed by atoms with Crippen LogP contribution in [0.5, 0.6) is 0 Å². The maximum absolute atomic E-state index is 12.2. The van der Waals surface area contributed by atoms with E-state index in [4.69, 9.17) is 5.14 Å². The van der Waals surface area contributed by atoms with Crippen molar-refractivity contribution in [2.24, 2.45) is 5.14 Å². The van der Waals surface area contributed by atoms with E-state index < -0.39 is 23.0 Å². The molecule has 0 fully saturated rings. The van der Waals surface area contributed by atoms with Crippen molar-refractivity contribution in [2.45, 2.75) is 37.8 Å². The van der Waals surface area contributed by atoms with Gasteiger partial charge in [-0.2, -0.15) is 0 Å². The summed E-state index contributed by atoms with van der Waals surface area (Å²) >= 11 is 0. The molecule has 0 aliphatic carbocycles. The van der Waals surface area contributed by atoms with Crippen molar-refractivity contribution >= 4 is 10.0 Å². The Morgan fingerprint density at radius 2 is 2.19 bits per heavy atom. The minimum Gasteiger partial charge on any atom is -0.328 e. The van der Waals surface area contributed by atoms with Gasteiger partial charge in [-0.15, -0.1) is 0 Å². The van der Waals surface area contributed by atoms with Crippen molar-refractivity contribution in [3.63, 3.8) is 0 Å². The number of primary sulfonamides is 1. The van der Waals surface area contributed by atoms with Crippen LogP contribution < -0.4 is 5.14 Å². The second-order valence-electron chi connectivity index (χ2n) is 3.33. The Labute approximate surface area is 92.3 Å². The van der Waals surface area contributed by atoms with Crippen molar-refractivity contribution < 1.29 is 17.2 Å². The fourth-order valence-corrected chi connectivity index (χ4v) is 1.80. The van der Waals surface area contributed by atoms with Crippen LogP contribution in [0.3, 0.4) is 0 Å². The zero-order valence-electron chi connectivity index (χ0n) is 8.73. The van der Waals surface area contributed by atoms with Gasteiger partial charge in [0.05, 0.1) is 6.54 Å². The molecule has 16 heavy (non-hydrogen) atoms. The summed E-state index contributed by atoms with van der Waals surface area (Å²) in [6.45, 7) is 1.27. The number of imidazole rings is 1. The molecule has 0 saturated carbocycles. The Bertz CT molecular complexity index is 456. The third-order valence-corrected chi connectivity index (χ3v) is 2.72. The molecule has 0 bridgehead atoms. The predicted molar refractivity (Wildman–Crippen MR) is 53.6 cm³/mol. The highest BCUT2D eigenvalue weighted by molar-refractivity contribution is 7.89. The van der Waals surface area contributed by atoms with E-state index in [2.05, 4.69) is 4.98 Å². The van der Waals surface area contributed by atoms with E-state index >= 15 is 0 Å². The maximum atomic E-state index is 12.2. The van der Waals surface area contributed by atoms with Crippen LogP contribution >= 0.6 is 0 Å². The molecule has 0 saturated heterocycles. The Morgan fingerprint density at radius 1 is 1.56 bits per heavy atom. The summed E-state index contributed by atoms with van der Waals surface area (Å²) in [4.78, 5) is 3.74. The quantitative estimate of drug-likeness (QED) is 0.841. The van der Waals surface area contributed by atoms with Crippen molar-refractivity contribution in [3.8, 4) is 0 Å². The van der Waals surface area contributed by atoms with Gasteiger partial charge < -0.3 is 4.57 Å². The van der Waals surface area contributed by atoms with Gasteiger partial charge in [0, 0.05) is 12.6 Å². The molecule has 1 heterocycles. The lowest BCUT2D eigenvalue weighted by Crippen LogP contribution is -2.12. The third-order valence-electron chi connectivity index (χ3n) is 1.94. The van der Waals surface area contributed by atoms with Crippen molar-refractivity contribution in [1.82, 2.24) is 9.55 Å². The third kappa shape index (κ3) is 3.24. The van der Waals surface area contributed by atoms with Crippen LogP contribution in [0, 0.1) is 0 Å². The lowest BCUT2D eigenvalue weighted by atomic mass is 10.3. The number of halogens is 2. The molecule has 0 aliphatic heterocycles. The molecule has 0 radical (unpaired) electrons. The van der Waals surface area contributed by atoms with E-state index in [-0.39, 0.29) is 5.03 Å². The molecule has 1 aromatic rings. The average molecular weight is 253 g/mol. The van der Waals surface area contributed by atoms with Gasteiger partial charge in [0.2, 0.25) is 0 Å². The summed E-state index contributed by atoms with van der Waals surface area (Å²) in [5.41, 5.74) is 0. The van der Waals surface area contributed by atoms with Gasteiger partial charge in [-0.25, -0.2) is 27.3 Å². The fraction of sp³-hybridized carbons (Fsp3) is 0.625. The van der Waals surface area contributed by atoms with Crippen LogP contribution in [0.2, 0.25) is 0 Å². The molecule has 2 N–H and O–H groups in total. The minimum absolute atomic E-state index is 0.312. The molecule has 0 atom stereocenters. The largest absolute Gasteiger partial charge is 0.328 e. The van der Waals surface area contributed by atoms with Crippen LogP contribution in [-0.2, 0) is 23.0 Å². The summed E-state index contributed by atoms with van der Waals surface area (Å²) in [6.07, 6.45) is -0.392.